The second-order valence-electron chi connectivity index (χ2n) is 5.59. The highest BCUT2D eigenvalue weighted by Crippen LogP contribution is 2.18. The van der Waals surface area contributed by atoms with Gasteiger partial charge in [-0.2, -0.15) is 0 Å². The number of carbonyl (C=O) groups is 2. The van der Waals surface area contributed by atoms with Crippen molar-refractivity contribution in [1.29, 1.82) is 0 Å². The van der Waals surface area contributed by atoms with Crippen molar-refractivity contribution in [3.8, 4) is 0 Å². The molecule has 0 aliphatic carbocycles. The third-order valence-electron chi connectivity index (χ3n) is 4.03. The molecular formula is C17H23FN2O3. The van der Waals surface area contributed by atoms with Gasteiger partial charge >= 0.3 is 12.0 Å². The van der Waals surface area contributed by atoms with Gasteiger partial charge in [-0.1, -0.05) is 18.2 Å². The lowest BCUT2D eigenvalue weighted by Crippen LogP contribution is -2.46. The van der Waals surface area contributed by atoms with Crippen LogP contribution in [0.4, 0.5) is 9.18 Å². The first-order valence-corrected chi connectivity index (χ1v) is 8.04. The molecule has 0 radical (unpaired) electrons. The second kappa shape index (κ2) is 8.50. The Morgan fingerprint density at radius 1 is 1.30 bits per heavy atom. The van der Waals surface area contributed by atoms with E-state index in [2.05, 4.69) is 5.32 Å². The molecule has 1 saturated heterocycles. The monoisotopic (exact) mass is 322 g/mol. The van der Waals surface area contributed by atoms with Gasteiger partial charge in [0, 0.05) is 19.6 Å². The topological polar surface area (TPSA) is 58.6 Å². The van der Waals surface area contributed by atoms with Gasteiger partial charge in [-0.25, -0.2) is 9.18 Å². The van der Waals surface area contributed by atoms with Gasteiger partial charge in [-0.05, 0) is 37.8 Å². The molecule has 2 rings (SSSR count). The Labute approximate surface area is 135 Å². The van der Waals surface area contributed by atoms with E-state index >= 15 is 0 Å². The molecule has 1 aromatic rings. The van der Waals surface area contributed by atoms with Crippen LogP contribution >= 0.6 is 0 Å². The van der Waals surface area contributed by atoms with Gasteiger partial charge in [0.15, 0.2) is 0 Å². The number of rotatable bonds is 5. The van der Waals surface area contributed by atoms with Crippen molar-refractivity contribution in [3.05, 3.63) is 35.6 Å². The Kier molecular flexibility index (Phi) is 6.38. The molecular weight excluding hydrogens is 299 g/mol. The van der Waals surface area contributed by atoms with Crippen molar-refractivity contribution in [2.75, 3.05) is 26.2 Å². The summed E-state index contributed by atoms with van der Waals surface area (Å²) in [4.78, 5) is 25.4. The lowest BCUT2D eigenvalue weighted by atomic mass is 9.97. The zero-order valence-electron chi connectivity index (χ0n) is 13.4. The van der Waals surface area contributed by atoms with Crippen LogP contribution in [-0.2, 0) is 16.0 Å². The van der Waals surface area contributed by atoms with Gasteiger partial charge < -0.3 is 15.0 Å². The Bertz CT molecular complexity index is 542. The summed E-state index contributed by atoms with van der Waals surface area (Å²) in [6.45, 7) is 3.63. The highest BCUT2D eigenvalue weighted by Gasteiger charge is 2.27. The summed E-state index contributed by atoms with van der Waals surface area (Å²) in [5.74, 6) is -0.540. The second-order valence-corrected chi connectivity index (χ2v) is 5.59. The zero-order valence-corrected chi connectivity index (χ0v) is 13.4. The molecule has 23 heavy (non-hydrogen) atoms. The minimum absolute atomic E-state index is 0.114. The third-order valence-corrected chi connectivity index (χ3v) is 4.03. The standard InChI is InChI=1S/C17H23FN2O3/c1-2-23-16(21)14-8-11-20(12-9-14)17(22)19-10-7-13-5-3-4-6-15(13)18/h3-6,14H,2,7-12H2,1H3,(H,19,22). The minimum atomic E-state index is -0.253. The van der Waals surface area contributed by atoms with Crippen molar-refractivity contribution >= 4 is 12.0 Å². The van der Waals surface area contributed by atoms with Gasteiger partial charge in [0.1, 0.15) is 5.82 Å². The number of nitrogens with one attached hydrogen (secondary N) is 1. The van der Waals surface area contributed by atoms with E-state index < -0.39 is 0 Å². The molecule has 0 bridgehead atoms. The molecule has 1 fully saturated rings. The molecule has 0 unspecified atom stereocenters. The maximum atomic E-state index is 13.5. The molecule has 0 aromatic heterocycles. The van der Waals surface area contributed by atoms with Crippen molar-refractivity contribution in [2.24, 2.45) is 5.92 Å². The Morgan fingerprint density at radius 2 is 2.00 bits per heavy atom. The van der Waals surface area contributed by atoms with Crippen LogP contribution in [0, 0.1) is 11.7 Å². The smallest absolute Gasteiger partial charge is 0.317 e. The molecule has 0 atom stereocenters. The summed E-state index contributed by atoms with van der Waals surface area (Å²) in [6, 6.07) is 6.39. The molecule has 1 heterocycles. The zero-order chi connectivity index (χ0) is 16.7. The average molecular weight is 322 g/mol. The Balaban J connectivity index is 1.71. The van der Waals surface area contributed by atoms with E-state index in [9.17, 15) is 14.0 Å². The third kappa shape index (κ3) is 4.94. The molecule has 0 saturated carbocycles. The quantitative estimate of drug-likeness (QED) is 0.847. The molecule has 126 valence electrons. The molecule has 5 nitrogen and oxygen atoms in total. The van der Waals surface area contributed by atoms with Crippen LogP contribution in [-0.4, -0.2) is 43.1 Å². The molecule has 1 aromatic carbocycles. The first-order valence-electron chi connectivity index (χ1n) is 8.04. The van der Waals surface area contributed by atoms with Gasteiger partial charge in [0.25, 0.3) is 0 Å². The molecule has 2 amide bonds. The van der Waals surface area contributed by atoms with Crippen molar-refractivity contribution < 1.29 is 18.7 Å². The number of nitrogens with zero attached hydrogens (tertiary/aromatic N) is 1. The van der Waals surface area contributed by atoms with Gasteiger partial charge in [-0.15, -0.1) is 0 Å². The maximum Gasteiger partial charge on any atom is 0.317 e. The van der Waals surface area contributed by atoms with Crippen LogP contribution in [0.15, 0.2) is 24.3 Å². The fraction of sp³-hybridized carbons (Fsp3) is 0.529. The number of hydrogen-bond acceptors (Lipinski definition) is 3. The number of carbonyl (C=O) groups excluding carboxylic acids is 2. The molecule has 1 N–H and O–H groups in total. The number of ether oxygens (including phenoxy) is 1. The van der Waals surface area contributed by atoms with E-state index in [1.165, 1.54) is 6.07 Å². The summed E-state index contributed by atoms with van der Waals surface area (Å²) < 4.78 is 18.5. The van der Waals surface area contributed by atoms with Gasteiger partial charge in [0.2, 0.25) is 0 Å². The first kappa shape index (κ1) is 17.2. The Hall–Kier alpha value is -2.11. The predicted octanol–water partition coefficient (Wildman–Crippen LogP) is 2.35. The van der Waals surface area contributed by atoms with E-state index in [1.807, 2.05) is 0 Å². The van der Waals surface area contributed by atoms with Gasteiger partial charge in [-0.3, -0.25) is 4.79 Å². The SMILES string of the molecule is CCOC(=O)C1CCN(C(=O)NCCc2ccccc2F)CC1. The van der Waals surface area contributed by atoms with Crippen LogP contribution in [0.2, 0.25) is 0 Å². The summed E-state index contributed by atoms with van der Waals surface area (Å²) in [7, 11) is 0. The highest BCUT2D eigenvalue weighted by molar-refractivity contribution is 5.76. The van der Waals surface area contributed by atoms with Crippen LogP contribution < -0.4 is 5.32 Å². The molecule has 1 aliphatic heterocycles. The van der Waals surface area contributed by atoms with Crippen molar-refractivity contribution in [2.45, 2.75) is 26.2 Å². The summed E-state index contributed by atoms with van der Waals surface area (Å²) in [5, 5.41) is 2.80. The van der Waals surface area contributed by atoms with E-state index in [-0.39, 0.29) is 23.7 Å². The number of amides is 2. The summed E-state index contributed by atoms with van der Waals surface area (Å²) in [6.07, 6.45) is 1.71. The minimum Gasteiger partial charge on any atom is -0.466 e. The Morgan fingerprint density at radius 3 is 2.65 bits per heavy atom. The van der Waals surface area contributed by atoms with Crippen LogP contribution in [0.5, 0.6) is 0 Å². The van der Waals surface area contributed by atoms with Crippen molar-refractivity contribution in [3.63, 3.8) is 0 Å². The molecule has 6 heteroatoms. The number of piperidine rings is 1. The van der Waals surface area contributed by atoms with E-state index in [0.717, 1.165) is 0 Å². The normalized spacial score (nSPS) is 15.3. The number of esters is 1. The molecule has 1 aliphatic rings. The largest absolute Gasteiger partial charge is 0.466 e. The number of urea groups is 1. The van der Waals surface area contributed by atoms with E-state index in [4.69, 9.17) is 4.74 Å². The fourth-order valence-electron chi connectivity index (χ4n) is 2.70. The number of halogens is 1. The lowest BCUT2D eigenvalue weighted by Gasteiger charge is -2.30. The first-order chi connectivity index (χ1) is 11.1. The lowest BCUT2D eigenvalue weighted by molar-refractivity contribution is -0.149. The predicted molar refractivity (Wildman–Crippen MR) is 84.4 cm³/mol. The van der Waals surface area contributed by atoms with Crippen LogP contribution in [0.25, 0.3) is 0 Å². The number of likely N-dealkylation sites (tertiary alicyclic amines) is 1. The van der Waals surface area contributed by atoms with E-state index in [1.54, 1.807) is 30.0 Å². The van der Waals surface area contributed by atoms with Crippen LogP contribution in [0.1, 0.15) is 25.3 Å². The maximum absolute atomic E-state index is 13.5. The number of hydrogen-bond donors (Lipinski definition) is 1. The highest BCUT2D eigenvalue weighted by atomic mass is 19.1. The molecule has 0 spiro atoms. The van der Waals surface area contributed by atoms with E-state index in [0.29, 0.717) is 51.1 Å². The van der Waals surface area contributed by atoms with Crippen molar-refractivity contribution in [1.82, 2.24) is 10.2 Å². The fourth-order valence-corrected chi connectivity index (χ4v) is 2.70. The average Bonchev–Trinajstić information content (AvgIpc) is 2.57. The van der Waals surface area contributed by atoms with Crippen LogP contribution in [0.3, 0.4) is 0 Å². The number of benzene rings is 1. The van der Waals surface area contributed by atoms with Gasteiger partial charge in [0.05, 0.1) is 12.5 Å². The summed E-state index contributed by atoms with van der Waals surface area (Å²) in [5.41, 5.74) is 0.591. The summed E-state index contributed by atoms with van der Waals surface area (Å²) >= 11 is 0.